The average molecular weight is 261 g/mol. The van der Waals surface area contributed by atoms with Crippen molar-refractivity contribution in [3.8, 4) is 0 Å². The molecule has 19 heavy (non-hydrogen) atoms. The van der Waals surface area contributed by atoms with Crippen molar-refractivity contribution in [2.24, 2.45) is 4.99 Å². The molecule has 5 nitrogen and oxygen atoms in total. The first kappa shape index (κ1) is 13.4. The molecule has 0 aromatic heterocycles. The van der Waals surface area contributed by atoms with Crippen LogP contribution in [0.3, 0.4) is 0 Å². The van der Waals surface area contributed by atoms with E-state index >= 15 is 0 Å². The van der Waals surface area contributed by atoms with Crippen LogP contribution in [0.5, 0.6) is 0 Å². The monoisotopic (exact) mass is 261 g/mol. The van der Waals surface area contributed by atoms with Crippen LogP contribution in [-0.4, -0.2) is 25.7 Å². The summed E-state index contributed by atoms with van der Waals surface area (Å²) in [6, 6.07) is 8.52. The van der Waals surface area contributed by atoms with E-state index in [1.165, 1.54) is 18.2 Å². The second kappa shape index (κ2) is 6.22. The number of aryl methyl sites for hydroxylation is 1. The third-order valence-corrected chi connectivity index (χ3v) is 3.22. The second-order valence-corrected chi connectivity index (χ2v) is 4.38. The number of alkyl carbamates (subject to hydrolysis) is 1. The van der Waals surface area contributed by atoms with Gasteiger partial charge in [-0.3, -0.25) is 10.3 Å². The number of nitrogens with one attached hydrogen (secondary N) is 2. The number of guanidine groups is 1. The fraction of sp³-hybridized carbons (Fsp3) is 0.429. The number of nitrogens with zero attached hydrogens (tertiary/aromatic N) is 1. The summed E-state index contributed by atoms with van der Waals surface area (Å²) < 4.78 is 4.57. The van der Waals surface area contributed by atoms with Gasteiger partial charge in [0.15, 0.2) is 0 Å². The Balaban J connectivity index is 2.11. The first-order chi connectivity index (χ1) is 9.24. The predicted octanol–water partition coefficient (Wildman–Crippen LogP) is 2.00. The molecule has 102 valence electrons. The summed E-state index contributed by atoms with van der Waals surface area (Å²) in [5.41, 5.74) is 2.59. The minimum atomic E-state index is -0.504. The van der Waals surface area contributed by atoms with Gasteiger partial charge in [0.1, 0.15) is 0 Å². The molecular weight excluding hydrogens is 242 g/mol. The number of carbonyl (C=O) groups is 1. The third-order valence-electron chi connectivity index (χ3n) is 3.22. The molecule has 0 bridgehead atoms. The number of hydrogen-bond acceptors (Lipinski definition) is 4. The summed E-state index contributed by atoms with van der Waals surface area (Å²) in [4.78, 5) is 15.4. The molecule has 0 spiro atoms. The van der Waals surface area contributed by atoms with E-state index < -0.39 is 6.09 Å². The number of methoxy groups -OCH3 is 1. The van der Waals surface area contributed by atoms with Crippen LogP contribution in [0.15, 0.2) is 29.3 Å². The lowest BCUT2D eigenvalue weighted by Gasteiger charge is -2.26. The van der Waals surface area contributed by atoms with Gasteiger partial charge in [0, 0.05) is 6.54 Å². The molecule has 0 saturated heterocycles. The molecule has 0 radical (unpaired) electrons. The van der Waals surface area contributed by atoms with E-state index in [1.807, 2.05) is 12.1 Å². The number of amides is 1. The maximum atomic E-state index is 11.2. The largest absolute Gasteiger partial charge is 0.453 e. The normalized spacial score (nSPS) is 18.2. The Kier molecular flexibility index (Phi) is 4.39. The number of rotatable bonds is 2. The molecular formula is C14H19N3O2. The van der Waals surface area contributed by atoms with Crippen molar-refractivity contribution >= 4 is 12.1 Å². The fourth-order valence-corrected chi connectivity index (χ4v) is 2.24. The van der Waals surface area contributed by atoms with Gasteiger partial charge in [0.2, 0.25) is 5.96 Å². The van der Waals surface area contributed by atoms with Crippen molar-refractivity contribution in [1.29, 1.82) is 0 Å². The van der Waals surface area contributed by atoms with Crippen LogP contribution in [0.25, 0.3) is 0 Å². The number of aliphatic imine (C=N–C) groups is 1. The zero-order valence-electron chi connectivity index (χ0n) is 11.3. The Labute approximate surface area is 113 Å². The summed E-state index contributed by atoms with van der Waals surface area (Å²) in [5, 5.41) is 5.83. The molecule has 1 heterocycles. The van der Waals surface area contributed by atoms with E-state index in [0.29, 0.717) is 12.5 Å². The summed E-state index contributed by atoms with van der Waals surface area (Å²) in [6.45, 7) is 2.83. The van der Waals surface area contributed by atoms with Gasteiger partial charge < -0.3 is 10.1 Å². The Hall–Kier alpha value is -2.04. The lowest BCUT2D eigenvalue weighted by molar-refractivity contribution is 0.176. The molecule has 1 aromatic rings. The number of ether oxygens (including phenoxy) is 1. The molecule has 2 N–H and O–H groups in total. The van der Waals surface area contributed by atoms with Gasteiger partial charge in [-0.15, -0.1) is 0 Å². The van der Waals surface area contributed by atoms with Crippen molar-refractivity contribution in [2.75, 3.05) is 13.7 Å². The minimum Gasteiger partial charge on any atom is -0.453 e. The molecule has 1 aliphatic rings. The SMILES string of the molecule is CCc1ccccc1C1CCN=C(NC(=O)OC)N1. The summed E-state index contributed by atoms with van der Waals surface area (Å²) >= 11 is 0. The van der Waals surface area contributed by atoms with E-state index in [1.54, 1.807) is 0 Å². The van der Waals surface area contributed by atoms with Crippen molar-refractivity contribution in [3.63, 3.8) is 0 Å². The van der Waals surface area contributed by atoms with Crippen LogP contribution in [0, 0.1) is 0 Å². The van der Waals surface area contributed by atoms with Crippen molar-refractivity contribution in [3.05, 3.63) is 35.4 Å². The quantitative estimate of drug-likeness (QED) is 0.856. The van der Waals surface area contributed by atoms with E-state index in [0.717, 1.165) is 12.8 Å². The highest BCUT2D eigenvalue weighted by atomic mass is 16.5. The Bertz CT molecular complexity index is 485. The first-order valence-corrected chi connectivity index (χ1v) is 6.48. The predicted molar refractivity (Wildman–Crippen MR) is 74.2 cm³/mol. The molecule has 5 heteroatoms. The van der Waals surface area contributed by atoms with Crippen LogP contribution >= 0.6 is 0 Å². The Morgan fingerprint density at radius 1 is 1.53 bits per heavy atom. The topological polar surface area (TPSA) is 62.7 Å². The van der Waals surface area contributed by atoms with Crippen LogP contribution in [-0.2, 0) is 11.2 Å². The Morgan fingerprint density at radius 2 is 2.32 bits per heavy atom. The molecule has 0 saturated carbocycles. The van der Waals surface area contributed by atoms with Crippen LogP contribution in [0.4, 0.5) is 4.79 Å². The van der Waals surface area contributed by atoms with E-state index in [4.69, 9.17) is 0 Å². The highest BCUT2D eigenvalue weighted by Crippen LogP contribution is 2.23. The fourth-order valence-electron chi connectivity index (χ4n) is 2.24. The highest BCUT2D eigenvalue weighted by Gasteiger charge is 2.20. The van der Waals surface area contributed by atoms with E-state index in [-0.39, 0.29) is 6.04 Å². The van der Waals surface area contributed by atoms with Crippen LogP contribution in [0.2, 0.25) is 0 Å². The maximum absolute atomic E-state index is 11.2. The highest BCUT2D eigenvalue weighted by molar-refractivity contribution is 5.94. The van der Waals surface area contributed by atoms with Gasteiger partial charge in [0.25, 0.3) is 0 Å². The lowest BCUT2D eigenvalue weighted by atomic mass is 9.96. The third kappa shape index (κ3) is 3.24. The average Bonchev–Trinajstić information content (AvgIpc) is 2.47. The molecule has 1 aliphatic heterocycles. The van der Waals surface area contributed by atoms with Crippen molar-refractivity contribution in [1.82, 2.24) is 10.6 Å². The summed E-state index contributed by atoms with van der Waals surface area (Å²) in [6.07, 6.45) is 1.41. The molecule has 1 unspecified atom stereocenters. The minimum absolute atomic E-state index is 0.181. The second-order valence-electron chi connectivity index (χ2n) is 4.38. The molecule has 1 aromatic carbocycles. The van der Waals surface area contributed by atoms with Gasteiger partial charge in [0.05, 0.1) is 13.2 Å². The molecule has 2 rings (SSSR count). The zero-order chi connectivity index (χ0) is 13.7. The van der Waals surface area contributed by atoms with Gasteiger partial charge >= 0.3 is 6.09 Å². The summed E-state index contributed by atoms with van der Waals surface area (Å²) in [5.74, 6) is 0.481. The van der Waals surface area contributed by atoms with E-state index in [2.05, 4.69) is 39.4 Å². The van der Waals surface area contributed by atoms with Gasteiger partial charge in [-0.05, 0) is 24.0 Å². The summed E-state index contributed by atoms with van der Waals surface area (Å²) in [7, 11) is 1.34. The van der Waals surface area contributed by atoms with Crippen molar-refractivity contribution < 1.29 is 9.53 Å². The number of carbonyl (C=O) groups excluding carboxylic acids is 1. The van der Waals surface area contributed by atoms with Crippen LogP contribution in [0.1, 0.15) is 30.5 Å². The van der Waals surface area contributed by atoms with Gasteiger partial charge in [-0.1, -0.05) is 31.2 Å². The number of benzene rings is 1. The van der Waals surface area contributed by atoms with Crippen molar-refractivity contribution in [2.45, 2.75) is 25.8 Å². The molecule has 0 aliphatic carbocycles. The molecule has 1 amide bonds. The zero-order valence-corrected chi connectivity index (χ0v) is 11.3. The molecule has 0 fully saturated rings. The smallest absolute Gasteiger partial charge is 0.413 e. The Morgan fingerprint density at radius 3 is 3.05 bits per heavy atom. The lowest BCUT2D eigenvalue weighted by Crippen LogP contribution is -2.45. The standard InChI is InChI=1S/C14H19N3O2/c1-3-10-6-4-5-7-11(10)12-8-9-15-13(16-12)17-14(18)19-2/h4-7,12H,3,8-9H2,1-2H3,(H2,15,16,17,18). The number of hydrogen-bond donors (Lipinski definition) is 2. The van der Waals surface area contributed by atoms with Gasteiger partial charge in [-0.25, -0.2) is 4.79 Å². The van der Waals surface area contributed by atoms with E-state index in [9.17, 15) is 4.79 Å². The van der Waals surface area contributed by atoms with Gasteiger partial charge in [-0.2, -0.15) is 0 Å². The van der Waals surface area contributed by atoms with Crippen LogP contribution < -0.4 is 10.6 Å². The maximum Gasteiger partial charge on any atom is 0.413 e. The first-order valence-electron chi connectivity index (χ1n) is 6.48. The molecule has 1 atom stereocenters.